The van der Waals surface area contributed by atoms with Crippen molar-refractivity contribution in [3.05, 3.63) is 125 Å². The van der Waals surface area contributed by atoms with Gasteiger partial charge >= 0.3 is 0 Å². The summed E-state index contributed by atoms with van der Waals surface area (Å²) in [6, 6.07) is 31.4. The van der Waals surface area contributed by atoms with Crippen LogP contribution >= 0.6 is 0 Å². The Morgan fingerprint density at radius 1 is 0.550 bits per heavy atom. The molecule has 0 N–H and O–H groups in total. The van der Waals surface area contributed by atoms with Gasteiger partial charge in [-0.25, -0.2) is 4.99 Å². The largest absolute Gasteiger partial charge is 0.497 e. The van der Waals surface area contributed by atoms with Crippen LogP contribution < -0.4 is 33.2 Å². The number of nitrogens with zero attached hydrogens (tertiary/aromatic N) is 1. The lowest BCUT2D eigenvalue weighted by molar-refractivity contribution is 0.268. The molecule has 11 heteroatoms. The molecule has 1 aliphatic heterocycles. The molecule has 0 saturated carbocycles. The molecule has 318 valence electrons. The highest BCUT2D eigenvalue weighted by Gasteiger charge is 2.37. The maximum Gasteiger partial charge on any atom is 0.217 e. The van der Waals surface area contributed by atoms with Crippen molar-refractivity contribution >= 4 is 14.2 Å². The van der Waals surface area contributed by atoms with Crippen molar-refractivity contribution in [3.8, 4) is 51.4 Å². The first-order valence-corrected chi connectivity index (χ1v) is 23.1. The molecule has 0 aliphatic carbocycles. The molecule has 10 nitrogen and oxygen atoms in total. The molecule has 0 amide bonds. The number of aliphatic imine (C=N–C) groups is 1. The maximum atomic E-state index is 6.87. The number of methoxy groups -OCH3 is 4. The standard InChI is InChI=1S/C49H59NO9Si/c1-48(2,3)60(10,11)59-31-36-24-43(56-29-34-14-20-38(52-7)21-15-34)46(44(25-36)57-30-35-16-22-39(53-8)23-17-35)45-41(47-50-49(4,5)32-58-47)26-40(27-42(45)54-9)55-28-33-12-18-37(51-6)19-13-33/h12-27H,28-32H2,1-11H3. The minimum absolute atomic E-state index is 0.0174. The molecule has 0 radical (unpaired) electrons. The zero-order valence-corrected chi connectivity index (χ0v) is 37.9. The van der Waals surface area contributed by atoms with Crippen LogP contribution in [0.2, 0.25) is 18.1 Å². The molecule has 0 spiro atoms. The van der Waals surface area contributed by atoms with Crippen LogP contribution in [0.1, 0.15) is 62.4 Å². The second kappa shape index (κ2) is 18.7. The van der Waals surface area contributed by atoms with Gasteiger partial charge in [0.1, 0.15) is 66.7 Å². The minimum atomic E-state index is -2.14. The summed E-state index contributed by atoms with van der Waals surface area (Å²) in [4.78, 5) is 5.06. The SMILES string of the molecule is COc1ccc(COc2cc(OC)c(-c3c(OCc4ccc(OC)cc4)cc(CO[Si](C)(C)C(C)(C)C)cc3OCc3ccc(OC)cc3)c(C3=NC(C)(C)CO3)c2)cc1. The average Bonchev–Trinajstić information content (AvgIpc) is 3.62. The molecule has 5 aromatic rings. The third kappa shape index (κ3) is 10.7. The molecular formula is C49H59NO9Si. The summed E-state index contributed by atoms with van der Waals surface area (Å²) in [6.45, 7) is 17.0. The van der Waals surface area contributed by atoms with Crippen molar-refractivity contribution < 1.29 is 42.3 Å². The van der Waals surface area contributed by atoms with Crippen LogP contribution in [0.3, 0.4) is 0 Å². The third-order valence-corrected chi connectivity index (χ3v) is 15.4. The van der Waals surface area contributed by atoms with Crippen LogP contribution in [0.5, 0.6) is 40.2 Å². The van der Waals surface area contributed by atoms with Gasteiger partial charge in [-0.1, -0.05) is 57.2 Å². The average molecular weight is 834 g/mol. The quantitative estimate of drug-likeness (QED) is 0.0800. The Labute approximate surface area is 356 Å². The van der Waals surface area contributed by atoms with E-state index in [1.807, 2.05) is 111 Å². The Balaban J connectivity index is 1.53. The molecule has 0 atom stereocenters. The van der Waals surface area contributed by atoms with Gasteiger partial charge in [0, 0.05) is 11.6 Å². The Kier molecular flexibility index (Phi) is 13.7. The van der Waals surface area contributed by atoms with Crippen molar-refractivity contribution in [1.29, 1.82) is 0 Å². The van der Waals surface area contributed by atoms with Crippen LogP contribution in [0.25, 0.3) is 11.1 Å². The van der Waals surface area contributed by atoms with Gasteiger partial charge in [0.05, 0.1) is 51.7 Å². The van der Waals surface area contributed by atoms with E-state index in [2.05, 4.69) is 33.9 Å². The second-order valence-corrected chi connectivity index (χ2v) is 21.8. The van der Waals surface area contributed by atoms with Crippen LogP contribution in [0.15, 0.2) is 102 Å². The summed E-state index contributed by atoms with van der Waals surface area (Å²) in [7, 11) is 4.47. The van der Waals surface area contributed by atoms with Crippen molar-refractivity contribution in [1.82, 2.24) is 0 Å². The van der Waals surface area contributed by atoms with E-state index in [0.717, 1.165) is 39.5 Å². The fourth-order valence-electron chi connectivity index (χ4n) is 6.32. The number of benzene rings is 5. The van der Waals surface area contributed by atoms with Gasteiger partial charge in [0.2, 0.25) is 5.90 Å². The summed E-state index contributed by atoms with van der Waals surface area (Å²) >= 11 is 0. The van der Waals surface area contributed by atoms with Crippen molar-refractivity contribution in [3.63, 3.8) is 0 Å². The van der Waals surface area contributed by atoms with Crippen LogP contribution in [-0.4, -0.2) is 54.8 Å². The van der Waals surface area contributed by atoms with E-state index in [-0.39, 0.29) is 18.3 Å². The zero-order valence-electron chi connectivity index (χ0n) is 36.9. The third-order valence-electron chi connectivity index (χ3n) is 10.9. The smallest absolute Gasteiger partial charge is 0.217 e. The lowest BCUT2D eigenvalue weighted by atomic mass is 9.94. The summed E-state index contributed by atoms with van der Waals surface area (Å²) in [6.07, 6.45) is 0. The van der Waals surface area contributed by atoms with Gasteiger partial charge < -0.3 is 42.3 Å². The van der Waals surface area contributed by atoms with Gasteiger partial charge in [0.15, 0.2) is 8.32 Å². The van der Waals surface area contributed by atoms with Crippen molar-refractivity contribution in [2.45, 2.75) is 84.7 Å². The van der Waals surface area contributed by atoms with E-state index >= 15 is 0 Å². The van der Waals surface area contributed by atoms with Gasteiger partial charge in [-0.05, 0) is 109 Å². The highest BCUT2D eigenvalue weighted by atomic mass is 28.4. The van der Waals surface area contributed by atoms with Crippen molar-refractivity contribution in [2.24, 2.45) is 4.99 Å². The molecule has 0 fully saturated rings. The van der Waals surface area contributed by atoms with Gasteiger partial charge in [-0.2, -0.15) is 0 Å². The van der Waals surface area contributed by atoms with Gasteiger partial charge in [-0.15, -0.1) is 0 Å². The topological polar surface area (TPSA) is 95.4 Å². The summed E-state index contributed by atoms with van der Waals surface area (Å²) < 4.78 is 55.8. The Bertz CT molecular complexity index is 2170. The van der Waals surface area contributed by atoms with Crippen LogP contribution in [-0.2, 0) is 35.6 Å². The lowest BCUT2D eigenvalue weighted by Gasteiger charge is -2.36. The van der Waals surface area contributed by atoms with Gasteiger partial charge in [-0.3, -0.25) is 0 Å². The van der Waals surface area contributed by atoms with E-state index in [1.165, 1.54) is 0 Å². The van der Waals surface area contributed by atoms with E-state index in [1.54, 1.807) is 28.4 Å². The predicted molar refractivity (Wildman–Crippen MR) is 239 cm³/mol. The lowest BCUT2D eigenvalue weighted by Crippen LogP contribution is -2.40. The first-order valence-electron chi connectivity index (χ1n) is 20.2. The summed E-state index contributed by atoms with van der Waals surface area (Å²) in [5, 5.41) is 0.0174. The number of rotatable bonds is 18. The Hall–Kier alpha value is -5.65. The molecule has 1 heterocycles. The molecule has 6 rings (SSSR count). The second-order valence-electron chi connectivity index (χ2n) is 17.0. The Morgan fingerprint density at radius 2 is 1.02 bits per heavy atom. The number of hydrogen-bond donors (Lipinski definition) is 0. The molecular weight excluding hydrogens is 775 g/mol. The fourth-order valence-corrected chi connectivity index (χ4v) is 7.28. The van der Waals surface area contributed by atoms with E-state index < -0.39 is 13.9 Å². The molecule has 0 aromatic heterocycles. The first-order chi connectivity index (χ1) is 28.6. The highest BCUT2D eigenvalue weighted by molar-refractivity contribution is 6.74. The highest BCUT2D eigenvalue weighted by Crippen LogP contribution is 2.49. The molecule has 0 unspecified atom stereocenters. The Morgan fingerprint density at radius 3 is 1.42 bits per heavy atom. The predicted octanol–water partition coefficient (Wildman–Crippen LogP) is 11.2. The normalized spacial score (nSPS) is 13.6. The molecule has 0 bridgehead atoms. The first kappa shape index (κ1) is 43.9. The monoisotopic (exact) mass is 833 g/mol. The van der Waals surface area contributed by atoms with Crippen LogP contribution in [0.4, 0.5) is 0 Å². The van der Waals surface area contributed by atoms with E-state index in [9.17, 15) is 0 Å². The van der Waals surface area contributed by atoms with E-state index in [0.29, 0.717) is 65.4 Å². The maximum absolute atomic E-state index is 6.87. The van der Waals surface area contributed by atoms with E-state index in [4.69, 9.17) is 47.3 Å². The van der Waals surface area contributed by atoms with Gasteiger partial charge in [0.25, 0.3) is 0 Å². The zero-order chi connectivity index (χ0) is 43.1. The minimum Gasteiger partial charge on any atom is -0.497 e. The number of hydrogen-bond acceptors (Lipinski definition) is 10. The molecule has 1 aliphatic rings. The summed E-state index contributed by atoms with van der Waals surface area (Å²) in [5.41, 5.74) is 5.42. The molecule has 5 aromatic carbocycles. The molecule has 0 saturated heterocycles. The van der Waals surface area contributed by atoms with Crippen molar-refractivity contribution in [2.75, 3.05) is 35.0 Å². The number of ether oxygens (including phenoxy) is 8. The van der Waals surface area contributed by atoms with Crippen LogP contribution in [0, 0.1) is 0 Å². The summed E-state index contributed by atoms with van der Waals surface area (Å²) in [5.74, 6) is 5.05. The molecule has 60 heavy (non-hydrogen) atoms. The fraction of sp³-hybridized carbons (Fsp3) is 0.367.